The second kappa shape index (κ2) is 11.1. The summed E-state index contributed by atoms with van der Waals surface area (Å²) in [6.07, 6.45) is 0. The Bertz CT molecular complexity index is 1350. The van der Waals surface area contributed by atoms with E-state index in [4.69, 9.17) is 26.8 Å². The zero-order valence-electron chi connectivity index (χ0n) is 20.1. The summed E-state index contributed by atoms with van der Waals surface area (Å²) in [5, 5.41) is 0.511. The number of nitrogens with two attached hydrogens (primary N) is 1. The van der Waals surface area contributed by atoms with Crippen LogP contribution in [0.3, 0.4) is 0 Å². The Balaban J connectivity index is 1.77. The second-order valence-corrected chi connectivity index (χ2v) is 8.78. The fraction of sp³-hybridized carbons (Fsp3) is 0.280. The minimum atomic E-state index is -1.41. The largest absolute Gasteiger partial charge is 0.476 e. The summed E-state index contributed by atoms with van der Waals surface area (Å²) in [5.41, 5.74) is 3.81. The number of nitrogen functional groups attached to an aromatic ring is 1. The SMILES string of the molecule is CCN(C(=O)COC(=O)C(C)(C)Oc1ccc(Cl)cc1)c1c(N)n(Cc2ccccc2)c(=O)[nH]c1=O. The topological polar surface area (TPSA) is 137 Å². The van der Waals surface area contributed by atoms with Crippen LogP contribution in [0.15, 0.2) is 64.2 Å². The Kier molecular flexibility index (Phi) is 8.21. The molecule has 2 aromatic carbocycles. The molecule has 0 aliphatic heterocycles. The number of ether oxygens (including phenoxy) is 2. The molecule has 0 fully saturated rings. The van der Waals surface area contributed by atoms with Crippen molar-refractivity contribution in [2.24, 2.45) is 0 Å². The lowest BCUT2D eigenvalue weighted by atomic mass is 10.1. The van der Waals surface area contributed by atoms with E-state index in [0.717, 1.165) is 15.0 Å². The number of halogens is 1. The highest BCUT2D eigenvalue weighted by Crippen LogP contribution is 2.22. The summed E-state index contributed by atoms with van der Waals surface area (Å²) in [6.45, 7) is 4.07. The highest BCUT2D eigenvalue weighted by atomic mass is 35.5. The van der Waals surface area contributed by atoms with Gasteiger partial charge in [0.25, 0.3) is 11.5 Å². The molecule has 0 radical (unpaired) electrons. The fourth-order valence-corrected chi connectivity index (χ4v) is 3.56. The van der Waals surface area contributed by atoms with Gasteiger partial charge < -0.3 is 20.1 Å². The van der Waals surface area contributed by atoms with Crippen LogP contribution in [0.25, 0.3) is 0 Å². The van der Waals surface area contributed by atoms with Crippen molar-refractivity contribution in [2.45, 2.75) is 32.9 Å². The zero-order chi connectivity index (χ0) is 26.5. The van der Waals surface area contributed by atoms with Gasteiger partial charge in [-0.15, -0.1) is 0 Å². The average molecular weight is 515 g/mol. The predicted octanol–water partition coefficient (Wildman–Crippen LogP) is 2.57. The third-order valence-electron chi connectivity index (χ3n) is 5.29. The minimum Gasteiger partial charge on any atom is -0.476 e. The monoisotopic (exact) mass is 514 g/mol. The Labute approximate surface area is 212 Å². The van der Waals surface area contributed by atoms with Crippen molar-refractivity contribution in [3.63, 3.8) is 0 Å². The van der Waals surface area contributed by atoms with Gasteiger partial charge in [0.05, 0.1) is 6.54 Å². The molecular weight excluding hydrogens is 488 g/mol. The Morgan fingerprint density at radius 3 is 2.33 bits per heavy atom. The lowest BCUT2D eigenvalue weighted by Gasteiger charge is -2.26. The Morgan fingerprint density at radius 2 is 1.72 bits per heavy atom. The summed E-state index contributed by atoms with van der Waals surface area (Å²) in [6, 6.07) is 15.4. The highest BCUT2D eigenvalue weighted by Gasteiger charge is 2.33. The van der Waals surface area contributed by atoms with E-state index >= 15 is 0 Å². The molecule has 3 N–H and O–H groups in total. The molecule has 0 aliphatic rings. The third kappa shape index (κ3) is 6.14. The van der Waals surface area contributed by atoms with Gasteiger partial charge in [-0.3, -0.25) is 19.1 Å². The fourth-order valence-electron chi connectivity index (χ4n) is 3.44. The van der Waals surface area contributed by atoms with Crippen molar-refractivity contribution in [1.29, 1.82) is 0 Å². The Morgan fingerprint density at radius 1 is 1.08 bits per heavy atom. The second-order valence-electron chi connectivity index (χ2n) is 8.35. The first kappa shape index (κ1) is 26.6. The van der Waals surface area contributed by atoms with Gasteiger partial charge in [-0.2, -0.15) is 0 Å². The minimum absolute atomic E-state index is 0.0396. The lowest BCUT2D eigenvalue weighted by molar-refractivity contribution is -0.161. The number of carbonyl (C=O) groups is 2. The van der Waals surface area contributed by atoms with Crippen molar-refractivity contribution >= 4 is 35.0 Å². The number of benzene rings is 2. The van der Waals surface area contributed by atoms with Crippen molar-refractivity contribution in [1.82, 2.24) is 9.55 Å². The van der Waals surface area contributed by atoms with Crippen molar-refractivity contribution in [3.05, 3.63) is 86.0 Å². The van der Waals surface area contributed by atoms with Crippen LogP contribution in [0, 0.1) is 0 Å². The van der Waals surface area contributed by atoms with Gasteiger partial charge in [0.1, 0.15) is 11.6 Å². The molecule has 0 saturated heterocycles. The van der Waals surface area contributed by atoms with E-state index in [1.165, 1.54) is 13.8 Å². The number of rotatable bonds is 9. The molecule has 10 nitrogen and oxygen atoms in total. The van der Waals surface area contributed by atoms with E-state index in [1.807, 2.05) is 6.07 Å². The number of amides is 1. The molecular formula is C25H27ClN4O6. The summed E-state index contributed by atoms with van der Waals surface area (Å²) < 4.78 is 12.0. The van der Waals surface area contributed by atoms with Crippen molar-refractivity contribution < 1.29 is 19.1 Å². The van der Waals surface area contributed by atoms with Crippen molar-refractivity contribution in [3.8, 4) is 5.75 Å². The van der Waals surface area contributed by atoms with E-state index in [0.29, 0.717) is 10.8 Å². The van der Waals surface area contributed by atoms with Gasteiger partial charge in [-0.25, -0.2) is 9.59 Å². The number of hydrogen-bond acceptors (Lipinski definition) is 7. The maximum Gasteiger partial charge on any atom is 0.350 e. The number of esters is 1. The number of nitrogens with zero attached hydrogens (tertiary/aromatic N) is 2. The summed E-state index contributed by atoms with van der Waals surface area (Å²) in [7, 11) is 0. The van der Waals surface area contributed by atoms with E-state index in [-0.39, 0.29) is 24.6 Å². The first-order valence-corrected chi connectivity index (χ1v) is 11.5. The number of nitrogens with one attached hydrogen (secondary N) is 1. The van der Waals surface area contributed by atoms with Crippen LogP contribution < -0.4 is 26.6 Å². The number of H-pyrrole nitrogens is 1. The van der Waals surface area contributed by atoms with Gasteiger partial charge in [-0.05, 0) is 50.6 Å². The first-order chi connectivity index (χ1) is 17.0. The van der Waals surface area contributed by atoms with E-state index in [1.54, 1.807) is 55.5 Å². The first-order valence-electron chi connectivity index (χ1n) is 11.1. The Hall–Kier alpha value is -4.05. The normalized spacial score (nSPS) is 11.1. The van der Waals surface area contributed by atoms with Crippen LogP contribution in [0.4, 0.5) is 11.5 Å². The van der Waals surface area contributed by atoms with Crippen LogP contribution in [-0.2, 0) is 20.9 Å². The molecule has 0 unspecified atom stereocenters. The average Bonchev–Trinajstić information content (AvgIpc) is 2.84. The summed E-state index contributed by atoms with van der Waals surface area (Å²) in [5.74, 6) is -1.28. The molecule has 11 heteroatoms. The number of likely N-dealkylation sites (N-methyl/N-ethyl adjacent to an activating group) is 1. The molecule has 3 rings (SSSR count). The van der Waals surface area contributed by atoms with Crippen LogP contribution >= 0.6 is 11.6 Å². The van der Waals surface area contributed by atoms with Gasteiger partial charge >= 0.3 is 11.7 Å². The predicted molar refractivity (Wildman–Crippen MR) is 136 cm³/mol. The molecule has 0 bridgehead atoms. The maximum absolute atomic E-state index is 13.0. The number of aromatic nitrogens is 2. The zero-order valence-corrected chi connectivity index (χ0v) is 20.9. The molecule has 3 aromatic rings. The molecule has 0 aliphatic carbocycles. The van der Waals surface area contributed by atoms with E-state index in [2.05, 4.69) is 4.98 Å². The summed E-state index contributed by atoms with van der Waals surface area (Å²) in [4.78, 5) is 53.9. The van der Waals surface area contributed by atoms with Gasteiger partial charge in [0, 0.05) is 11.6 Å². The molecule has 1 amide bonds. The highest BCUT2D eigenvalue weighted by molar-refractivity contribution is 6.30. The number of hydrogen-bond donors (Lipinski definition) is 2. The number of carbonyl (C=O) groups excluding carboxylic acids is 2. The van der Waals surface area contributed by atoms with Crippen LogP contribution in [0.2, 0.25) is 5.02 Å². The molecule has 1 heterocycles. The molecule has 0 saturated carbocycles. The van der Waals surface area contributed by atoms with Crippen molar-refractivity contribution in [2.75, 3.05) is 23.8 Å². The molecule has 190 valence electrons. The van der Waals surface area contributed by atoms with Crippen LogP contribution in [0.5, 0.6) is 5.75 Å². The van der Waals surface area contributed by atoms with Gasteiger partial charge in [0.2, 0.25) is 0 Å². The van der Waals surface area contributed by atoms with Crippen LogP contribution in [0.1, 0.15) is 26.3 Å². The third-order valence-corrected chi connectivity index (χ3v) is 5.54. The van der Waals surface area contributed by atoms with E-state index < -0.39 is 35.3 Å². The number of anilines is 2. The van der Waals surface area contributed by atoms with Gasteiger partial charge in [0.15, 0.2) is 17.9 Å². The van der Waals surface area contributed by atoms with Gasteiger partial charge in [-0.1, -0.05) is 41.9 Å². The van der Waals surface area contributed by atoms with Crippen LogP contribution in [-0.4, -0.2) is 40.2 Å². The molecule has 0 atom stereocenters. The smallest absolute Gasteiger partial charge is 0.350 e. The maximum atomic E-state index is 13.0. The molecule has 1 aromatic heterocycles. The standard InChI is InChI=1S/C25H27ClN4O6/c1-4-29(19(31)15-35-23(33)25(2,3)36-18-12-10-17(26)11-13-18)20-21(27)30(24(34)28-22(20)32)14-16-8-6-5-7-9-16/h5-13H,4,14-15,27H2,1-3H3,(H,28,32,34). The lowest BCUT2D eigenvalue weighted by Crippen LogP contribution is -2.45. The number of aromatic amines is 1. The summed E-state index contributed by atoms with van der Waals surface area (Å²) >= 11 is 5.86. The molecule has 36 heavy (non-hydrogen) atoms. The van der Waals surface area contributed by atoms with E-state index in [9.17, 15) is 19.2 Å². The quantitative estimate of drug-likeness (QED) is 0.419. The molecule has 0 spiro atoms.